The molecule has 1 aromatic carbocycles. The van der Waals surface area contributed by atoms with Crippen molar-refractivity contribution in [2.75, 3.05) is 0 Å². The van der Waals surface area contributed by atoms with Crippen molar-refractivity contribution in [3.8, 4) is 0 Å². The van der Waals surface area contributed by atoms with Gasteiger partial charge in [-0.25, -0.2) is 8.78 Å². The third kappa shape index (κ3) is 4.40. The van der Waals surface area contributed by atoms with Gasteiger partial charge in [0.1, 0.15) is 11.6 Å². The normalized spacial score (nSPS) is 12.4. The average Bonchev–Trinajstić information content (AvgIpc) is 2.41. The van der Waals surface area contributed by atoms with Crippen LogP contribution in [0.3, 0.4) is 0 Å². The number of benzene rings is 1. The Morgan fingerprint density at radius 2 is 2.05 bits per heavy atom. The van der Waals surface area contributed by atoms with Crippen molar-refractivity contribution in [1.29, 1.82) is 0 Å². The van der Waals surface area contributed by atoms with Crippen LogP contribution in [0.4, 0.5) is 8.78 Å². The fourth-order valence-electron chi connectivity index (χ4n) is 2.12. The Hall–Kier alpha value is -1.26. The van der Waals surface area contributed by atoms with Gasteiger partial charge in [0.15, 0.2) is 0 Å². The van der Waals surface area contributed by atoms with Crippen LogP contribution in [0, 0.1) is 18.6 Å². The zero-order valence-corrected chi connectivity index (χ0v) is 11.4. The number of nitrogens with two attached hydrogens (primary N) is 1. The molecule has 0 aliphatic carbocycles. The van der Waals surface area contributed by atoms with E-state index in [0.29, 0.717) is 12.0 Å². The van der Waals surface area contributed by atoms with Crippen molar-refractivity contribution in [2.24, 2.45) is 5.84 Å². The summed E-state index contributed by atoms with van der Waals surface area (Å²) in [5.74, 6) is 4.38. The molecule has 1 atom stereocenters. The maximum Gasteiger partial charge on any atom is 0.133 e. The molecule has 3 N–H and O–H groups in total. The van der Waals surface area contributed by atoms with Crippen molar-refractivity contribution in [3.63, 3.8) is 0 Å². The zero-order chi connectivity index (χ0) is 14.3. The highest BCUT2D eigenvalue weighted by atomic mass is 19.1. The molecule has 2 nitrogen and oxygen atoms in total. The van der Waals surface area contributed by atoms with E-state index in [1.807, 2.05) is 6.08 Å². The van der Waals surface area contributed by atoms with Crippen LogP contribution >= 0.6 is 0 Å². The summed E-state index contributed by atoms with van der Waals surface area (Å²) in [6.07, 6.45) is 6.37. The molecule has 0 aliphatic rings. The number of aryl methyl sites for hydroxylation is 1. The Kier molecular flexibility index (Phi) is 6.67. The number of hydrogen-bond donors (Lipinski definition) is 2. The maximum absolute atomic E-state index is 14.0. The van der Waals surface area contributed by atoms with E-state index in [9.17, 15) is 8.78 Å². The molecule has 0 aromatic heterocycles. The molecule has 0 spiro atoms. The smallest absolute Gasteiger partial charge is 0.133 e. The number of allylic oxidation sites excluding steroid dienone is 1. The molecule has 19 heavy (non-hydrogen) atoms. The fraction of sp³-hybridized carbons (Fsp3) is 0.467. The highest BCUT2D eigenvalue weighted by molar-refractivity contribution is 5.29. The Morgan fingerprint density at radius 3 is 2.68 bits per heavy atom. The predicted molar refractivity (Wildman–Crippen MR) is 74.4 cm³/mol. The first-order valence-electron chi connectivity index (χ1n) is 6.63. The molecule has 1 aromatic rings. The van der Waals surface area contributed by atoms with Crippen molar-refractivity contribution >= 4 is 0 Å². The van der Waals surface area contributed by atoms with Gasteiger partial charge in [0, 0.05) is 5.56 Å². The van der Waals surface area contributed by atoms with Gasteiger partial charge in [-0.15, -0.1) is 6.58 Å². The summed E-state index contributed by atoms with van der Waals surface area (Å²) in [7, 11) is 0. The van der Waals surface area contributed by atoms with E-state index >= 15 is 0 Å². The van der Waals surface area contributed by atoms with E-state index in [0.717, 1.165) is 25.7 Å². The summed E-state index contributed by atoms with van der Waals surface area (Å²) in [4.78, 5) is 0. The lowest BCUT2D eigenvalue weighted by atomic mass is 9.97. The number of unbranched alkanes of at least 4 members (excludes halogenated alkanes) is 3. The summed E-state index contributed by atoms with van der Waals surface area (Å²) < 4.78 is 27.7. The molecule has 0 radical (unpaired) electrons. The topological polar surface area (TPSA) is 38.0 Å². The minimum Gasteiger partial charge on any atom is -0.271 e. The molecule has 4 heteroatoms. The molecule has 0 bridgehead atoms. The van der Waals surface area contributed by atoms with Crippen LogP contribution in [0.15, 0.2) is 24.8 Å². The van der Waals surface area contributed by atoms with Gasteiger partial charge < -0.3 is 0 Å². The van der Waals surface area contributed by atoms with Crippen molar-refractivity contribution in [1.82, 2.24) is 5.43 Å². The first-order chi connectivity index (χ1) is 9.11. The van der Waals surface area contributed by atoms with E-state index in [-0.39, 0.29) is 5.56 Å². The molecule has 0 aliphatic heterocycles. The lowest BCUT2D eigenvalue weighted by molar-refractivity contribution is 0.436. The van der Waals surface area contributed by atoms with E-state index in [2.05, 4.69) is 12.0 Å². The van der Waals surface area contributed by atoms with Gasteiger partial charge in [0.05, 0.1) is 6.04 Å². The van der Waals surface area contributed by atoms with Crippen LogP contribution in [0.25, 0.3) is 0 Å². The van der Waals surface area contributed by atoms with Gasteiger partial charge in [-0.3, -0.25) is 11.3 Å². The molecular weight excluding hydrogens is 246 g/mol. The van der Waals surface area contributed by atoms with Gasteiger partial charge in [0.25, 0.3) is 0 Å². The van der Waals surface area contributed by atoms with E-state index in [1.165, 1.54) is 12.1 Å². The minimum atomic E-state index is -0.544. The minimum absolute atomic E-state index is 0.0474. The quantitative estimate of drug-likeness (QED) is 0.324. The average molecular weight is 268 g/mol. The van der Waals surface area contributed by atoms with Gasteiger partial charge in [-0.05, 0) is 37.8 Å². The fourth-order valence-corrected chi connectivity index (χ4v) is 2.12. The van der Waals surface area contributed by atoms with Gasteiger partial charge >= 0.3 is 0 Å². The van der Waals surface area contributed by atoms with Crippen LogP contribution < -0.4 is 11.3 Å². The summed E-state index contributed by atoms with van der Waals surface area (Å²) in [5.41, 5.74) is 3.00. The number of hydrogen-bond acceptors (Lipinski definition) is 2. The van der Waals surface area contributed by atoms with Crippen molar-refractivity contribution in [3.05, 3.63) is 47.5 Å². The number of hydrazine groups is 1. The molecule has 0 saturated heterocycles. The third-order valence-corrected chi connectivity index (χ3v) is 3.27. The second-order valence-corrected chi connectivity index (χ2v) is 4.74. The predicted octanol–water partition coefficient (Wildman–Crippen LogP) is 3.91. The van der Waals surface area contributed by atoms with Crippen LogP contribution in [0.1, 0.15) is 49.3 Å². The Labute approximate surface area is 113 Å². The van der Waals surface area contributed by atoms with Gasteiger partial charge in [0.2, 0.25) is 0 Å². The van der Waals surface area contributed by atoms with Crippen LogP contribution in [-0.4, -0.2) is 0 Å². The van der Waals surface area contributed by atoms with Gasteiger partial charge in [-0.1, -0.05) is 25.0 Å². The monoisotopic (exact) mass is 268 g/mol. The first-order valence-corrected chi connectivity index (χ1v) is 6.63. The highest BCUT2D eigenvalue weighted by Gasteiger charge is 2.20. The summed E-state index contributed by atoms with van der Waals surface area (Å²) in [6.45, 7) is 5.28. The number of nitrogens with one attached hydrogen (secondary N) is 1. The lowest BCUT2D eigenvalue weighted by Gasteiger charge is -2.18. The Balaban J connectivity index is 2.69. The molecule has 1 rings (SSSR count). The van der Waals surface area contributed by atoms with Crippen molar-refractivity contribution < 1.29 is 8.78 Å². The molecular formula is C15H22F2N2. The Bertz CT molecular complexity index is 419. The first kappa shape index (κ1) is 15.8. The largest absolute Gasteiger partial charge is 0.271 e. The molecule has 106 valence electrons. The second-order valence-electron chi connectivity index (χ2n) is 4.74. The standard InChI is InChI=1S/C15H22F2N2/c1-3-4-5-6-7-8-13(19-18)14-12(16)10-9-11(2)15(14)17/h3,9-10,13,19H,1,4-8,18H2,2H3. The number of halogens is 2. The summed E-state index contributed by atoms with van der Waals surface area (Å²) >= 11 is 0. The van der Waals surface area contributed by atoms with Crippen LogP contribution in [-0.2, 0) is 0 Å². The van der Waals surface area contributed by atoms with E-state index in [4.69, 9.17) is 5.84 Å². The molecule has 0 fully saturated rings. The molecule has 0 heterocycles. The lowest BCUT2D eigenvalue weighted by Crippen LogP contribution is -2.29. The SMILES string of the molecule is C=CCCCCCC(NN)c1c(F)ccc(C)c1F. The molecule has 0 saturated carbocycles. The third-order valence-electron chi connectivity index (χ3n) is 3.27. The number of rotatable bonds is 8. The van der Waals surface area contributed by atoms with E-state index < -0.39 is 17.7 Å². The summed E-state index contributed by atoms with van der Waals surface area (Å²) in [6, 6.07) is 2.24. The second kappa shape index (κ2) is 8.02. The maximum atomic E-state index is 14.0. The van der Waals surface area contributed by atoms with Crippen molar-refractivity contribution in [2.45, 2.75) is 45.1 Å². The van der Waals surface area contributed by atoms with Crippen LogP contribution in [0.2, 0.25) is 0 Å². The van der Waals surface area contributed by atoms with E-state index in [1.54, 1.807) is 6.92 Å². The summed E-state index contributed by atoms with van der Waals surface area (Å²) in [5, 5.41) is 0. The van der Waals surface area contributed by atoms with Gasteiger partial charge in [-0.2, -0.15) is 0 Å². The Morgan fingerprint density at radius 1 is 1.32 bits per heavy atom. The molecule has 1 unspecified atom stereocenters. The molecule has 0 amide bonds. The zero-order valence-electron chi connectivity index (χ0n) is 11.4. The van der Waals surface area contributed by atoms with Crippen LogP contribution in [0.5, 0.6) is 0 Å². The highest BCUT2D eigenvalue weighted by Crippen LogP contribution is 2.26.